The van der Waals surface area contributed by atoms with Crippen molar-refractivity contribution in [1.29, 1.82) is 0 Å². The first kappa shape index (κ1) is 20.0. The summed E-state index contributed by atoms with van der Waals surface area (Å²) in [6.07, 6.45) is 2.51. The standard InChI is InChI=1S/C21H15F3N4O4/c22-12-4-11-5-13(9-26-19(29)16-10-27-28-3-1-2-25-18(16)28)31-17(11)15(6-12)20(30)32-14-7-21(23,24)8-14/h1-6,10,14H,7-9H2,(H,26,29). The van der Waals surface area contributed by atoms with Gasteiger partial charge in [0.2, 0.25) is 0 Å². The second-order valence-electron chi connectivity index (χ2n) is 7.50. The zero-order valence-corrected chi connectivity index (χ0v) is 16.3. The lowest BCUT2D eigenvalue weighted by atomic mass is 9.91. The molecule has 164 valence electrons. The van der Waals surface area contributed by atoms with Gasteiger partial charge in [0.15, 0.2) is 5.65 Å². The maximum absolute atomic E-state index is 14.0. The number of nitrogens with one attached hydrogen (secondary N) is 1. The van der Waals surface area contributed by atoms with E-state index >= 15 is 0 Å². The fourth-order valence-corrected chi connectivity index (χ4v) is 3.56. The van der Waals surface area contributed by atoms with Crippen molar-refractivity contribution < 1.29 is 31.9 Å². The molecule has 32 heavy (non-hydrogen) atoms. The minimum atomic E-state index is -2.85. The van der Waals surface area contributed by atoms with Gasteiger partial charge in [-0.1, -0.05) is 0 Å². The second kappa shape index (κ2) is 7.36. The first-order valence-electron chi connectivity index (χ1n) is 9.66. The van der Waals surface area contributed by atoms with Gasteiger partial charge in [-0.25, -0.2) is 27.5 Å². The van der Waals surface area contributed by atoms with Crippen molar-refractivity contribution >= 4 is 28.5 Å². The number of carbonyl (C=O) groups excluding carboxylic acids is 2. The maximum atomic E-state index is 14.0. The van der Waals surface area contributed by atoms with Crippen molar-refractivity contribution in [1.82, 2.24) is 19.9 Å². The molecular formula is C21H15F3N4O4. The Bertz CT molecular complexity index is 1360. The van der Waals surface area contributed by atoms with E-state index in [1.807, 2.05) is 0 Å². The van der Waals surface area contributed by atoms with Crippen LogP contribution in [0.4, 0.5) is 13.2 Å². The van der Waals surface area contributed by atoms with Crippen LogP contribution in [0.3, 0.4) is 0 Å². The molecule has 3 aromatic heterocycles. The predicted octanol–water partition coefficient (Wildman–Crippen LogP) is 3.50. The van der Waals surface area contributed by atoms with Crippen LogP contribution in [0.25, 0.3) is 16.6 Å². The molecule has 0 aliphatic heterocycles. The molecule has 1 N–H and O–H groups in total. The summed E-state index contributed by atoms with van der Waals surface area (Å²) in [6.45, 7) is -0.0529. The van der Waals surface area contributed by atoms with E-state index in [0.29, 0.717) is 5.65 Å². The summed E-state index contributed by atoms with van der Waals surface area (Å²) in [7, 11) is 0. The summed E-state index contributed by atoms with van der Waals surface area (Å²) >= 11 is 0. The van der Waals surface area contributed by atoms with Gasteiger partial charge in [-0.3, -0.25) is 4.79 Å². The molecular weight excluding hydrogens is 429 g/mol. The SMILES string of the molecule is O=C(OC1CC(F)(F)C1)c1cc(F)cc2cc(CNC(=O)c3cnn4cccnc34)oc12. The lowest BCUT2D eigenvalue weighted by Crippen LogP contribution is -2.42. The van der Waals surface area contributed by atoms with Crippen LogP contribution in [0.1, 0.15) is 39.3 Å². The minimum absolute atomic E-state index is 0.0457. The molecule has 1 aromatic carbocycles. The second-order valence-corrected chi connectivity index (χ2v) is 7.50. The number of fused-ring (bicyclic) bond motifs is 2. The molecule has 8 nitrogen and oxygen atoms in total. The monoisotopic (exact) mass is 444 g/mol. The topological polar surface area (TPSA) is 98.7 Å². The van der Waals surface area contributed by atoms with Gasteiger partial charge in [-0.2, -0.15) is 5.10 Å². The van der Waals surface area contributed by atoms with Crippen molar-refractivity contribution in [2.45, 2.75) is 31.4 Å². The van der Waals surface area contributed by atoms with Gasteiger partial charge in [0.05, 0.1) is 12.7 Å². The average molecular weight is 444 g/mol. The van der Waals surface area contributed by atoms with Crippen molar-refractivity contribution in [2.75, 3.05) is 0 Å². The maximum Gasteiger partial charge on any atom is 0.342 e. The summed E-state index contributed by atoms with van der Waals surface area (Å²) in [5.41, 5.74) is 0.474. The number of halogens is 3. The Balaban J connectivity index is 1.33. The fourth-order valence-electron chi connectivity index (χ4n) is 3.56. The van der Waals surface area contributed by atoms with Crippen LogP contribution in [0, 0.1) is 5.82 Å². The Labute approximate surface area is 178 Å². The lowest BCUT2D eigenvalue weighted by Gasteiger charge is -2.33. The molecule has 0 radical (unpaired) electrons. The van der Waals surface area contributed by atoms with E-state index in [9.17, 15) is 22.8 Å². The van der Waals surface area contributed by atoms with Gasteiger partial charge in [0, 0.05) is 30.6 Å². The van der Waals surface area contributed by atoms with Gasteiger partial charge in [0.25, 0.3) is 11.8 Å². The zero-order valence-electron chi connectivity index (χ0n) is 16.3. The molecule has 4 aromatic rings. The highest BCUT2D eigenvalue weighted by Gasteiger charge is 2.47. The number of carbonyl (C=O) groups is 2. The molecule has 0 bridgehead atoms. The van der Waals surface area contributed by atoms with E-state index < -0.39 is 42.6 Å². The smallest absolute Gasteiger partial charge is 0.342 e. The van der Waals surface area contributed by atoms with Gasteiger partial charge < -0.3 is 14.5 Å². The van der Waals surface area contributed by atoms with Gasteiger partial charge >= 0.3 is 5.97 Å². The van der Waals surface area contributed by atoms with Crippen LogP contribution in [-0.4, -0.2) is 38.5 Å². The molecule has 5 rings (SSSR count). The first-order valence-corrected chi connectivity index (χ1v) is 9.66. The summed E-state index contributed by atoms with van der Waals surface area (Å²) in [5, 5.41) is 6.98. The Hall–Kier alpha value is -3.89. The fraction of sp³-hybridized carbons (Fsp3) is 0.238. The molecule has 1 aliphatic carbocycles. The van der Waals surface area contributed by atoms with Gasteiger partial charge in [-0.05, 0) is 24.3 Å². The van der Waals surface area contributed by atoms with Gasteiger partial charge in [-0.15, -0.1) is 0 Å². The summed E-state index contributed by atoms with van der Waals surface area (Å²) < 4.78 is 52.1. The van der Waals surface area contributed by atoms with Gasteiger partial charge in [0.1, 0.15) is 34.4 Å². The van der Waals surface area contributed by atoms with Crippen molar-refractivity contribution in [3.8, 4) is 0 Å². The van der Waals surface area contributed by atoms with Crippen LogP contribution < -0.4 is 5.32 Å². The Kier molecular flexibility index (Phi) is 4.61. The average Bonchev–Trinajstić information content (AvgIpc) is 3.33. The zero-order chi connectivity index (χ0) is 22.5. The molecule has 3 heterocycles. The molecule has 0 saturated heterocycles. The minimum Gasteiger partial charge on any atom is -0.458 e. The molecule has 0 atom stereocenters. The molecule has 1 fully saturated rings. The first-order chi connectivity index (χ1) is 15.3. The number of nitrogens with zero attached hydrogens (tertiary/aromatic N) is 3. The molecule has 11 heteroatoms. The van der Waals surface area contributed by atoms with E-state index in [4.69, 9.17) is 9.15 Å². The highest BCUT2D eigenvalue weighted by Crippen LogP contribution is 2.40. The third kappa shape index (κ3) is 3.66. The number of alkyl halides is 2. The van der Waals surface area contributed by atoms with E-state index in [0.717, 1.165) is 12.1 Å². The Morgan fingerprint density at radius 2 is 2.06 bits per heavy atom. The number of hydrogen-bond donors (Lipinski definition) is 1. The lowest BCUT2D eigenvalue weighted by molar-refractivity contribution is -0.146. The number of amides is 1. The van der Waals surface area contributed by atoms with E-state index in [1.165, 1.54) is 23.0 Å². The van der Waals surface area contributed by atoms with Crippen LogP contribution in [-0.2, 0) is 11.3 Å². The normalized spacial score (nSPS) is 15.6. The Morgan fingerprint density at radius 1 is 1.25 bits per heavy atom. The largest absolute Gasteiger partial charge is 0.458 e. The number of esters is 1. The summed E-state index contributed by atoms with van der Waals surface area (Å²) in [6, 6.07) is 5.24. The van der Waals surface area contributed by atoms with E-state index in [2.05, 4.69) is 15.4 Å². The molecule has 1 saturated carbocycles. The van der Waals surface area contributed by atoms with Crippen LogP contribution in [0.5, 0.6) is 0 Å². The van der Waals surface area contributed by atoms with E-state index in [-0.39, 0.29) is 34.4 Å². The third-order valence-electron chi connectivity index (χ3n) is 5.13. The summed E-state index contributed by atoms with van der Waals surface area (Å²) in [4.78, 5) is 29.0. The number of benzene rings is 1. The Morgan fingerprint density at radius 3 is 2.84 bits per heavy atom. The van der Waals surface area contributed by atoms with Crippen LogP contribution in [0.2, 0.25) is 0 Å². The molecule has 1 amide bonds. The van der Waals surface area contributed by atoms with Crippen molar-refractivity contribution in [2.24, 2.45) is 0 Å². The molecule has 0 spiro atoms. The summed E-state index contributed by atoms with van der Waals surface area (Å²) in [5.74, 6) is -4.70. The number of rotatable bonds is 5. The van der Waals surface area contributed by atoms with E-state index in [1.54, 1.807) is 12.3 Å². The number of ether oxygens (including phenoxy) is 1. The highest BCUT2D eigenvalue weighted by molar-refractivity contribution is 6.02. The number of hydrogen-bond acceptors (Lipinski definition) is 6. The van der Waals surface area contributed by atoms with Crippen LogP contribution in [0.15, 0.2) is 47.3 Å². The molecule has 1 aliphatic rings. The third-order valence-corrected chi connectivity index (χ3v) is 5.13. The predicted molar refractivity (Wildman–Crippen MR) is 104 cm³/mol. The highest BCUT2D eigenvalue weighted by atomic mass is 19.3. The van der Waals surface area contributed by atoms with Crippen LogP contribution >= 0.6 is 0 Å². The molecule has 0 unspecified atom stereocenters. The van der Waals surface area contributed by atoms with Crippen molar-refractivity contribution in [3.05, 3.63) is 65.6 Å². The quantitative estimate of drug-likeness (QED) is 0.473. The number of furan rings is 1. The number of aromatic nitrogens is 3. The van der Waals surface area contributed by atoms with Crippen molar-refractivity contribution in [3.63, 3.8) is 0 Å².